The summed E-state index contributed by atoms with van der Waals surface area (Å²) < 4.78 is 24.2. The fourth-order valence-electron chi connectivity index (χ4n) is 1.41. The molecular formula is C11H21N5O2S2. The van der Waals surface area contributed by atoms with Gasteiger partial charge in [-0.05, 0) is 13.8 Å². The van der Waals surface area contributed by atoms with Gasteiger partial charge in [0.2, 0.25) is 10.0 Å². The summed E-state index contributed by atoms with van der Waals surface area (Å²) in [6, 6.07) is 0. The van der Waals surface area contributed by atoms with Gasteiger partial charge in [0.1, 0.15) is 5.01 Å². The predicted octanol–water partition coefficient (Wildman–Crippen LogP) is -0.0259. The van der Waals surface area contributed by atoms with Crippen LogP contribution in [0.4, 0.5) is 0 Å². The van der Waals surface area contributed by atoms with Crippen LogP contribution in [0.25, 0.3) is 0 Å². The first-order chi connectivity index (χ1) is 9.31. The molecule has 0 saturated heterocycles. The van der Waals surface area contributed by atoms with Crippen molar-refractivity contribution in [1.29, 1.82) is 0 Å². The topological polar surface area (TPSA) is 95.5 Å². The van der Waals surface area contributed by atoms with Gasteiger partial charge in [0.25, 0.3) is 0 Å². The highest BCUT2D eigenvalue weighted by atomic mass is 32.2. The maximum Gasteiger partial charge on any atom is 0.208 e. The van der Waals surface area contributed by atoms with E-state index in [0.717, 1.165) is 17.0 Å². The Labute approximate surface area is 124 Å². The van der Waals surface area contributed by atoms with Gasteiger partial charge in [-0.1, -0.05) is 0 Å². The number of thiazole rings is 1. The van der Waals surface area contributed by atoms with Crippen LogP contribution in [0.5, 0.6) is 0 Å². The van der Waals surface area contributed by atoms with Crippen LogP contribution in [-0.4, -0.2) is 45.8 Å². The van der Waals surface area contributed by atoms with Gasteiger partial charge >= 0.3 is 0 Å². The Morgan fingerprint density at radius 3 is 2.50 bits per heavy atom. The summed E-state index contributed by atoms with van der Waals surface area (Å²) >= 11 is 1.65. The lowest BCUT2D eigenvalue weighted by Gasteiger charge is -2.10. The van der Waals surface area contributed by atoms with Crippen molar-refractivity contribution in [1.82, 2.24) is 20.3 Å². The average Bonchev–Trinajstić information content (AvgIpc) is 2.66. The Hall–Kier alpha value is -1.19. The Kier molecular flexibility index (Phi) is 6.37. The van der Waals surface area contributed by atoms with Gasteiger partial charge in [-0.25, -0.2) is 18.1 Å². The molecule has 0 amide bonds. The Morgan fingerprint density at radius 1 is 1.30 bits per heavy atom. The zero-order valence-corrected chi connectivity index (χ0v) is 13.8. The molecule has 0 aliphatic rings. The monoisotopic (exact) mass is 319 g/mol. The van der Waals surface area contributed by atoms with Crippen molar-refractivity contribution in [2.45, 2.75) is 20.4 Å². The van der Waals surface area contributed by atoms with E-state index in [1.165, 1.54) is 4.88 Å². The van der Waals surface area contributed by atoms with Gasteiger partial charge in [-0.2, -0.15) is 0 Å². The van der Waals surface area contributed by atoms with E-state index in [0.29, 0.717) is 25.6 Å². The quantitative estimate of drug-likeness (QED) is 0.389. The van der Waals surface area contributed by atoms with E-state index < -0.39 is 10.0 Å². The molecule has 114 valence electrons. The zero-order chi connectivity index (χ0) is 15.2. The van der Waals surface area contributed by atoms with Crippen molar-refractivity contribution >= 4 is 27.3 Å². The number of hydrogen-bond acceptors (Lipinski definition) is 5. The lowest BCUT2D eigenvalue weighted by Crippen LogP contribution is -2.41. The molecule has 1 rings (SSSR count). The van der Waals surface area contributed by atoms with Gasteiger partial charge in [-0.3, -0.25) is 4.99 Å². The van der Waals surface area contributed by atoms with E-state index in [2.05, 4.69) is 25.3 Å². The van der Waals surface area contributed by atoms with Gasteiger partial charge in [0.05, 0.1) is 18.5 Å². The molecule has 1 heterocycles. The molecule has 0 saturated carbocycles. The summed E-state index contributed by atoms with van der Waals surface area (Å²) in [5.41, 5.74) is 1.05. The fraction of sp³-hybridized carbons (Fsp3) is 0.636. The molecule has 0 aliphatic heterocycles. The molecule has 0 bridgehead atoms. The highest BCUT2D eigenvalue weighted by Crippen LogP contribution is 2.15. The van der Waals surface area contributed by atoms with Crippen LogP contribution in [0.15, 0.2) is 4.99 Å². The van der Waals surface area contributed by atoms with Crippen molar-refractivity contribution in [2.24, 2.45) is 4.99 Å². The van der Waals surface area contributed by atoms with Crippen LogP contribution >= 0.6 is 11.3 Å². The number of nitrogens with zero attached hydrogens (tertiary/aromatic N) is 2. The minimum Gasteiger partial charge on any atom is -0.355 e. The molecule has 0 fully saturated rings. The molecule has 1 aromatic heterocycles. The largest absolute Gasteiger partial charge is 0.355 e. The molecule has 0 radical (unpaired) electrons. The molecule has 20 heavy (non-hydrogen) atoms. The summed E-state index contributed by atoms with van der Waals surface area (Å²) in [7, 11) is -1.48. The zero-order valence-electron chi connectivity index (χ0n) is 12.1. The van der Waals surface area contributed by atoms with Crippen molar-refractivity contribution in [3.63, 3.8) is 0 Å². The lowest BCUT2D eigenvalue weighted by molar-refractivity contribution is 0.586. The van der Waals surface area contributed by atoms with E-state index in [1.54, 1.807) is 18.4 Å². The summed E-state index contributed by atoms with van der Waals surface area (Å²) in [5, 5.41) is 7.15. The first kappa shape index (κ1) is 16.9. The minimum atomic E-state index is -3.14. The van der Waals surface area contributed by atoms with Crippen LogP contribution in [-0.2, 0) is 16.6 Å². The molecule has 0 aromatic carbocycles. The second-order valence-electron chi connectivity index (χ2n) is 4.27. The highest BCUT2D eigenvalue weighted by molar-refractivity contribution is 7.88. The molecule has 9 heteroatoms. The van der Waals surface area contributed by atoms with Gasteiger partial charge < -0.3 is 10.6 Å². The van der Waals surface area contributed by atoms with Gasteiger partial charge in [0, 0.05) is 25.0 Å². The lowest BCUT2D eigenvalue weighted by atomic mass is 10.4. The van der Waals surface area contributed by atoms with E-state index >= 15 is 0 Å². The number of hydrogen-bond donors (Lipinski definition) is 3. The second-order valence-corrected chi connectivity index (χ2v) is 7.39. The number of aliphatic imine (C=N–C) groups is 1. The maximum atomic E-state index is 10.9. The van der Waals surface area contributed by atoms with Gasteiger partial charge in [0.15, 0.2) is 5.96 Å². The standard InChI is InChI=1S/C11H21N5O2S2/c1-8-9(2)19-10(16-8)7-14-11(12-3)13-5-6-15-20(4,17)18/h15H,5-7H2,1-4H3,(H2,12,13,14). The smallest absolute Gasteiger partial charge is 0.208 e. The number of rotatable bonds is 6. The van der Waals surface area contributed by atoms with Crippen molar-refractivity contribution in [3.8, 4) is 0 Å². The number of aryl methyl sites for hydroxylation is 2. The molecular weight excluding hydrogens is 298 g/mol. The fourth-order valence-corrected chi connectivity index (χ4v) is 2.76. The molecule has 0 unspecified atom stereocenters. The first-order valence-electron chi connectivity index (χ1n) is 6.14. The van der Waals surface area contributed by atoms with Crippen LogP contribution in [0, 0.1) is 13.8 Å². The first-order valence-corrected chi connectivity index (χ1v) is 8.84. The molecule has 0 atom stereocenters. The average molecular weight is 319 g/mol. The highest BCUT2D eigenvalue weighted by Gasteiger charge is 2.05. The van der Waals surface area contributed by atoms with Crippen LogP contribution in [0.1, 0.15) is 15.6 Å². The minimum absolute atomic E-state index is 0.314. The molecule has 1 aromatic rings. The summed E-state index contributed by atoms with van der Waals surface area (Å²) in [6.45, 7) is 5.40. The SMILES string of the molecule is CN=C(NCCNS(C)(=O)=O)NCc1nc(C)c(C)s1. The van der Waals surface area contributed by atoms with E-state index in [1.807, 2.05) is 13.8 Å². The van der Waals surface area contributed by atoms with Crippen LogP contribution < -0.4 is 15.4 Å². The molecule has 3 N–H and O–H groups in total. The second kappa shape index (κ2) is 7.55. The summed E-state index contributed by atoms with van der Waals surface area (Å²) in [6.07, 6.45) is 1.13. The molecule has 0 spiro atoms. The third-order valence-electron chi connectivity index (χ3n) is 2.49. The molecule has 7 nitrogen and oxygen atoms in total. The van der Waals surface area contributed by atoms with E-state index in [-0.39, 0.29) is 0 Å². The Bertz CT molecular complexity index is 546. The maximum absolute atomic E-state index is 10.9. The van der Waals surface area contributed by atoms with Crippen LogP contribution in [0.3, 0.4) is 0 Å². The van der Waals surface area contributed by atoms with Gasteiger partial charge in [-0.15, -0.1) is 11.3 Å². The Balaban J connectivity index is 2.33. The number of guanidine groups is 1. The van der Waals surface area contributed by atoms with E-state index in [4.69, 9.17) is 0 Å². The third-order valence-corrected chi connectivity index (χ3v) is 4.29. The predicted molar refractivity (Wildman–Crippen MR) is 82.6 cm³/mol. The normalized spacial score (nSPS) is 12.5. The molecule has 0 aliphatic carbocycles. The van der Waals surface area contributed by atoms with Crippen LogP contribution in [0.2, 0.25) is 0 Å². The number of aromatic nitrogens is 1. The van der Waals surface area contributed by atoms with Crippen molar-refractivity contribution < 1.29 is 8.42 Å². The summed E-state index contributed by atoms with van der Waals surface area (Å²) in [4.78, 5) is 9.70. The van der Waals surface area contributed by atoms with Crippen molar-refractivity contribution in [2.75, 3.05) is 26.4 Å². The number of sulfonamides is 1. The Morgan fingerprint density at radius 2 is 2.00 bits per heavy atom. The third kappa shape index (κ3) is 6.31. The van der Waals surface area contributed by atoms with Crippen molar-refractivity contribution in [3.05, 3.63) is 15.6 Å². The van der Waals surface area contributed by atoms with E-state index in [9.17, 15) is 8.42 Å². The summed E-state index contributed by atoms with van der Waals surface area (Å²) in [5.74, 6) is 0.616. The number of nitrogens with one attached hydrogen (secondary N) is 3.